The Labute approximate surface area is 124 Å². The lowest BCUT2D eigenvalue weighted by molar-refractivity contribution is 0.0946. The van der Waals surface area contributed by atoms with E-state index in [1.54, 1.807) is 30.3 Å². The van der Waals surface area contributed by atoms with Gasteiger partial charge in [-0.2, -0.15) is 0 Å². The summed E-state index contributed by atoms with van der Waals surface area (Å²) < 4.78 is 10.4. The molecule has 5 heteroatoms. The Bertz CT molecular complexity index is 875. The largest absolute Gasteiger partial charge is 0.461 e. The van der Waals surface area contributed by atoms with Crippen molar-refractivity contribution in [2.45, 2.75) is 0 Å². The van der Waals surface area contributed by atoms with E-state index in [0.29, 0.717) is 5.56 Å². The number of carbonyl (C=O) groups excluding carboxylic acids is 3. The highest BCUT2D eigenvalue weighted by atomic mass is 16.4. The van der Waals surface area contributed by atoms with Crippen LogP contribution < -0.4 is 0 Å². The highest BCUT2D eigenvalue weighted by molar-refractivity contribution is 6.28. The maximum atomic E-state index is 12.4. The predicted molar refractivity (Wildman–Crippen MR) is 74.2 cm³/mol. The van der Waals surface area contributed by atoms with E-state index >= 15 is 0 Å². The monoisotopic (exact) mass is 292 g/mol. The van der Waals surface area contributed by atoms with Gasteiger partial charge in [0.1, 0.15) is 0 Å². The van der Waals surface area contributed by atoms with Crippen LogP contribution in [0.1, 0.15) is 48.4 Å². The molecule has 106 valence electrons. The van der Waals surface area contributed by atoms with Crippen LogP contribution in [0.3, 0.4) is 0 Å². The quantitative estimate of drug-likeness (QED) is 0.531. The molecule has 1 aromatic carbocycles. The molecule has 0 radical (unpaired) electrons. The van der Waals surface area contributed by atoms with Gasteiger partial charge in [0.05, 0.1) is 11.8 Å². The molecule has 0 saturated heterocycles. The molecule has 3 aromatic rings. The number of hydrogen-bond donors (Lipinski definition) is 0. The van der Waals surface area contributed by atoms with Crippen LogP contribution in [0.4, 0.5) is 0 Å². The summed E-state index contributed by atoms with van der Waals surface area (Å²) in [7, 11) is 0. The Morgan fingerprint density at radius 1 is 0.818 bits per heavy atom. The number of carbonyl (C=O) groups is 3. The molecule has 0 N–H and O–H groups in total. The van der Waals surface area contributed by atoms with E-state index in [9.17, 15) is 14.4 Å². The molecule has 4 rings (SSSR count). The fourth-order valence-corrected chi connectivity index (χ4v) is 2.52. The fraction of sp³-hybridized carbons (Fsp3) is 0. The lowest BCUT2D eigenvalue weighted by atomic mass is 9.88. The maximum absolute atomic E-state index is 12.4. The van der Waals surface area contributed by atoms with Gasteiger partial charge in [0.2, 0.25) is 5.78 Å². The molecule has 0 saturated carbocycles. The van der Waals surface area contributed by atoms with E-state index in [1.165, 1.54) is 18.4 Å². The third kappa shape index (κ3) is 1.62. The number of benzene rings is 1. The molecule has 0 unspecified atom stereocenters. The van der Waals surface area contributed by atoms with Gasteiger partial charge in [-0.3, -0.25) is 14.4 Å². The number of fused-ring (bicyclic) bond motifs is 2. The summed E-state index contributed by atoms with van der Waals surface area (Å²) in [6.07, 6.45) is 1.36. The molecule has 1 aliphatic carbocycles. The second-order valence-electron chi connectivity index (χ2n) is 4.86. The first-order valence-electron chi connectivity index (χ1n) is 6.57. The van der Waals surface area contributed by atoms with Gasteiger partial charge in [-0.1, -0.05) is 24.3 Å². The van der Waals surface area contributed by atoms with E-state index in [4.69, 9.17) is 8.83 Å². The van der Waals surface area contributed by atoms with Crippen molar-refractivity contribution in [2.24, 2.45) is 0 Å². The van der Waals surface area contributed by atoms with E-state index in [-0.39, 0.29) is 34.2 Å². The minimum absolute atomic E-state index is 0.0866. The van der Waals surface area contributed by atoms with Crippen molar-refractivity contribution < 1.29 is 23.2 Å². The summed E-state index contributed by atoms with van der Waals surface area (Å²) in [5.74, 6) is -1.34. The number of hydrogen-bond acceptors (Lipinski definition) is 5. The third-order valence-electron chi connectivity index (χ3n) is 3.57. The highest BCUT2D eigenvalue weighted by Gasteiger charge is 2.34. The molecule has 0 aliphatic heterocycles. The third-order valence-corrected chi connectivity index (χ3v) is 3.57. The van der Waals surface area contributed by atoms with Crippen LogP contribution in [0.5, 0.6) is 0 Å². The van der Waals surface area contributed by atoms with Crippen molar-refractivity contribution in [3.63, 3.8) is 0 Å². The zero-order valence-corrected chi connectivity index (χ0v) is 11.2. The summed E-state index contributed by atoms with van der Waals surface area (Å²) in [6.45, 7) is 0. The highest BCUT2D eigenvalue weighted by Crippen LogP contribution is 2.30. The van der Waals surface area contributed by atoms with Crippen LogP contribution in [0, 0.1) is 0 Å². The van der Waals surface area contributed by atoms with Crippen LogP contribution >= 0.6 is 0 Å². The average Bonchev–Trinajstić information content (AvgIpc) is 3.21. The van der Waals surface area contributed by atoms with E-state index < -0.39 is 11.6 Å². The van der Waals surface area contributed by atoms with Crippen LogP contribution in [-0.4, -0.2) is 17.3 Å². The Hall–Kier alpha value is -3.21. The first-order valence-corrected chi connectivity index (χ1v) is 6.57. The zero-order chi connectivity index (χ0) is 15.3. The Morgan fingerprint density at radius 3 is 2.23 bits per heavy atom. The molecule has 0 atom stereocenters. The second-order valence-corrected chi connectivity index (χ2v) is 4.86. The number of furan rings is 2. The van der Waals surface area contributed by atoms with Crippen LogP contribution in [-0.2, 0) is 0 Å². The molecule has 2 heterocycles. The second kappa shape index (κ2) is 4.39. The van der Waals surface area contributed by atoms with Gasteiger partial charge in [0, 0.05) is 17.2 Å². The van der Waals surface area contributed by atoms with Crippen molar-refractivity contribution >= 4 is 17.3 Å². The van der Waals surface area contributed by atoms with Crippen molar-refractivity contribution in [3.05, 3.63) is 82.7 Å². The SMILES string of the molecule is O=C(c1ccco1)c1cc2c(o1)C(=O)c1ccccc1C2=O. The average molecular weight is 292 g/mol. The Balaban J connectivity index is 1.85. The van der Waals surface area contributed by atoms with Crippen LogP contribution in [0.2, 0.25) is 0 Å². The first-order chi connectivity index (χ1) is 10.7. The number of rotatable bonds is 2. The van der Waals surface area contributed by atoms with Gasteiger partial charge >= 0.3 is 0 Å². The van der Waals surface area contributed by atoms with Crippen molar-refractivity contribution in [1.82, 2.24) is 0 Å². The smallest absolute Gasteiger partial charge is 0.263 e. The lowest BCUT2D eigenvalue weighted by Crippen LogP contribution is -2.18. The van der Waals surface area contributed by atoms with Gasteiger partial charge in [0.25, 0.3) is 5.78 Å². The molecule has 2 aromatic heterocycles. The van der Waals surface area contributed by atoms with E-state index in [0.717, 1.165) is 0 Å². The molecular weight excluding hydrogens is 284 g/mol. The number of ketones is 3. The van der Waals surface area contributed by atoms with Crippen molar-refractivity contribution in [3.8, 4) is 0 Å². The normalized spacial score (nSPS) is 12.9. The summed E-state index contributed by atoms with van der Waals surface area (Å²) in [6, 6.07) is 10.9. The molecule has 22 heavy (non-hydrogen) atoms. The Morgan fingerprint density at radius 2 is 1.55 bits per heavy atom. The fourth-order valence-electron chi connectivity index (χ4n) is 2.52. The van der Waals surface area contributed by atoms with Gasteiger partial charge < -0.3 is 8.83 Å². The van der Waals surface area contributed by atoms with Gasteiger partial charge in [-0.15, -0.1) is 0 Å². The summed E-state index contributed by atoms with van der Waals surface area (Å²) in [5, 5.41) is 0. The minimum Gasteiger partial charge on any atom is -0.461 e. The first kappa shape index (κ1) is 12.5. The topological polar surface area (TPSA) is 77.5 Å². The van der Waals surface area contributed by atoms with Gasteiger partial charge in [-0.25, -0.2) is 0 Å². The molecular formula is C17H8O5. The zero-order valence-electron chi connectivity index (χ0n) is 11.2. The lowest BCUT2D eigenvalue weighted by Gasteiger charge is -2.11. The maximum Gasteiger partial charge on any atom is 0.263 e. The van der Waals surface area contributed by atoms with Crippen LogP contribution in [0.15, 0.2) is 57.6 Å². The molecule has 0 spiro atoms. The minimum atomic E-state index is -0.510. The predicted octanol–water partition coefficient (Wildman–Crippen LogP) is 2.88. The standard InChI is InChI=1S/C17H8O5/c18-14-9-4-1-2-5-10(9)15(19)17-11(14)8-13(22-17)16(20)12-6-3-7-21-12/h1-8H. The van der Waals surface area contributed by atoms with Crippen molar-refractivity contribution in [2.75, 3.05) is 0 Å². The van der Waals surface area contributed by atoms with Gasteiger partial charge in [0.15, 0.2) is 23.1 Å². The summed E-state index contributed by atoms with van der Waals surface area (Å²) in [4.78, 5) is 37.0. The molecule has 0 amide bonds. The Kier molecular flexibility index (Phi) is 2.50. The molecule has 5 nitrogen and oxygen atoms in total. The molecule has 0 bridgehead atoms. The van der Waals surface area contributed by atoms with Crippen molar-refractivity contribution in [1.29, 1.82) is 0 Å². The van der Waals surface area contributed by atoms with E-state index in [1.807, 2.05) is 0 Å². The summed E-state index contributed by atoms with van der Waals surface area (Å²) in [5.41, 5.74) is 0.711. The van der Waals surface area contributed by atoms with E-state index in [2.05, 4.69) is 0 Å². The molecule has 0 fully saturated rings. The molecule has 1 aliphatic rings. The van der Waals surface area contributed by atoms with Gasteiger partial charge in [-0.05, 0) is 12.1 Å². The van der Waals surface area contributed by atoms with Crippen LogP contribution in [0.25, 0.3) is 0 Å². The summed E-state index contributed by atoms with van der Waals surface area (Å²) >= 11 is 0.